The third-order valence-corrected chi connectivity index (χ3v) is 7.91. The van der Waals surface area contributed by atoms with E-state index in [1.54, 1.807) is 24.4 Å². The van der Waals surface area contributed by atoms with Crippen LogP contribution in [0.2, 0.25) is 5.02 Å². The number of amides is 2. The first-order valence-electron chi connectivity index (χ1n) is 10.9. The Kier molecular flexibility index (Phi) is 8.71. The minimum Gasteiger partial charge on any atom is -0.381 e. The van der Waals surface area contributed by atoms with Crippen LogP contribution in [0, 0.1) is 5.41 Å². The first-order valence-corrected chi connectivity index (χ1v) is 12.1. The van der Waals surface area contributed by atoms with Gasteiger partial charge in [0.1, 0.15) is 10.8 Å². The SMILES string of the molecule is CN(C)C(=O)C(=O)Nc1cccc(Sc2ncc(N3CCC4(CC3)COCC4N)nc2N)c1Cl.Cl. The Balaban J connectivity index is 0.00000342. The third kappa shape index (κ3) is 5.75. The molecule has 2 fully saturated rings. The van der Waals surface area contributed by atoms with E-state index in [0.29, 0.717) is 22.2 Å². The number of nitrogen functional groups attached to an aromatic ring is 1. The van der Waals surface area contributed by atoms with Crippen molar-refractivity contribution in [1.82, 2.24) is 14.9 Å². The van der Waals surface area contributed by atoms with E-state index >= 15 is 0 Å². The summed E-state index contributed by atoms with van der Waals surface area (Å²) in [6.07, 6.45) is 3.59. The van der Waals surface area contributed by atoms with Gasteiger partial charge >= 0.3 is 11.8 Å². The van der Waals surface area contributed by atoms with Crippen molar-refractivity contribution in [3.8, 4) is 0 Å². The number of aromatic nitrogens is 2. The van der Waals surface area contributed by atoms with Gasteiger partial charge in [-0.2, -0.15) is 0 Å². The highest BCUT2D eigenvalue weighted by molar-refractivity contribution is 7.99. The number of carbonyl (C=O) groups is 2. The van der Waals surface area contributed by atoms with Gasteiger partial charge in [0.05, 0.1) is 30.1 Å². The third-order valence-electron chi connectivity index (χ3n) is 6.33. The lowest BCUT2D eigenvalue weighted by Crippen LogP contribution is -2.49. The van der Waals surface area contributed by atoms with Crippen molar-refractivity contribution < 1.29 is 14.3 Å². The fraction of sp³-hybridized carbons (Fsp3) is 0.455. The highest BCUT2D eigenvalue weighted by Gasteiger charge is 2.44. The fourth-order valence-electron chi connectivity index (χ4n) is 4.15. The van der Waals surface area contributed by atoms with E-state index in [0.717, 1.165) is 38.4 Å². The molecule has 1 aromatic carbocycles. The number of rotatable bonds is 4. The highest BCUT2D eigenvalue weighted by Crippen LogP contribution is 2.41. The number of nitrogens with one attached hydrogen (secondary N) is 1. The molecule has 1 unspecified atom stereocenters. The number of anilines is 3. The molecule has 10 nitrogen and oxygen atoms in total. The summed E-state index contributed by atoms with van der Waals surface area (Å²) < 4.78 is 5.60. The Morgan fingerprint density at radius 2 is 2.03 bits per heavy atom. The maximum atomic E-state index is 12.1. The van der Waals surface area contributed by atoms with Crippen LogP contribution in [-0.4, -0.2) is 73.1 Å². The molecule has 2 saturated heterocycles. The molecule has 3 heterocycles. The molecule has 2 amide bonds. The summed E-state index contributed by atoms with van der Waals surface area (Å²) in [5.41, 5.74) is 12.9. The van der Waals surface area contributed by atoms with Crippen molar-refractivity contribution in [3.63, 3.8) is 0 Å². The number of hydrogen-bond acceptors (Lipinski definition) is 9. The van der Waals surface area contributed by atoms with Crippen molar-refractivity contribution in [2.75, 3.05) is 56.3 Å². The second kappa shape index (κ2) is 11.2. The molecule has 35 heavy (non-hydrogen) atoms. The van der Waals surface area contributed by atoms with Gasteiger partial charge in [-0.3, -0.25) is 9.59 Å². The average Bonchev–Trinajstić information content (AvgIpc) is 3.16. The number of nitrogens with zero attached hydrogens (tertiary/aromatic N) is 4. The van der Waals surface area contributed by atoms with Crippen LogP contribution in [0.15, 0.2) is 34.3 Å². The quantitative estimate of drug-likeness (QED) is 0.497. The molecule has 0 saturated carbocycles. The summed E-state index contributed by atoms with van der Waals surface area (Å²) in [5.74, 6) is -0.437. The molecule has 0 radical (unpaired) electrons. The predicted octanol–water partition coefficient (Wildman–Crippen LogP) is 2.26. The molecule has 2 aromatic rings. The number of likely N-dealkylation sites (N-methyl/N-ethyl adjacent to an activating group) is 1. The fourth-order valence-corrected chi connectivity index (χ4v) is 5.25. The number of halogens is 2. The van der Waals surface area contributed by atoms with Gasteiger partial charge in [-0.15, -0.1) is 12.4 Å². The normalized spacial score (nSPS) is 18.7. The molecule has 190 valence electrons. The van der Waals surface area contributed by atoms with E-state index < -0.39 is 11.8 Å². The average molecular weight is 542 g/mol. The number of piperidine rings is 1. The molecule has 2 aliphatic rings. The number of hydrogen-bond donors (Lipinski definition) is 3. The molecular formula is C22H29Cl2N7O3S. The Hall–Kier alpha value is -2.31. The van der Waals surface area contributed by atoms with E-state index in [9.17, 15) is 9.59 Å². The van der Waals surface area contributed by atoms with Gasteiger partial charge < -0.3 is 31.3 Å². The molecule has 0 bridgehead atoms. The van der Waals surface area contributed by atoms with Gasteiger partial charge in [0.25, 0.3) is 0 Å². The summed E-state index contributed by atoms with van der Waals surface area (Å²) in [4.78, 5) is 37.0. The lowest BCUT2D eigenvalue weighted by molar-refractivity contribution is -0.141. The van der Waals surface area contributed by atoms with Crippen LogP contribution >= 0.6 is 35.8 Å². The van der Waals surface area contributed by atoms with Gasteiger partial charge in [0.15, 0.2) is 5.82 Å². The van der Waals surface area contributed by atoms with E-state index in [-0.39, 0.29) is 34.7 Å². The Bertz CT molecular complexity index is 1100. The molecule has 1 aromatic heterocycles. The molecule has 5 N–H and O–H groups in total. The smallest absolute Gasteiger partial charge is 0.313 e. The molecule has 1 atom stereocenters. The lowest BCUT2D eigenvalue weighted by Gasteiger charge is -2.41. The summed E-state index contributed by atoms with van der Waals surface area (Å²) in [5, 5.41) is 3.33. The van der Waals surface area contributed by atoms with E-state index in [1.807, 2.05) is 0 Å². The molecule has 2 aliphatic heterocycles. The van der Waals surface area contributed by atoms with Crippen LogP contribution in [-0.2, 0) is 14.3 Å². The van der Waals surface area contributed by atoms with Crippen molar-refractivity contribution in [2.45, 2.75) is 28.8 Å². The summed E-state index contributed by atoms with van der Waals surface area (Å²) >= 11 is 7.72. The zero-order chi connectivity index (χ0) is 24.5. The minimum atomic E-state index is -0.772. The predicted molar refractivity (Wildman–Crippen MR) is 139 cm³/mol. The maximum absolute atomic E-state index is 12.1. The Labute approximate surface area is 219 Å². The number of ether oxygens (including phenoxy) is 1. The van der Waals surface area contributed by atoms with E-state index in [4.69, 9.17) is 27.8 Å². The van der Waals surface area contributed by atoms with Gasteiger partial charge in [-0.25, -0.2) is 9.97 Å². The highest BCUT2D eigenvalue weighted by atomic mass is 35.5. The zero-order valence-electron chi connectivity index (χ0n) is 19.5. The number of benzene rings is 1. The van der Waals surface area contributed by atoms with Gasteiger partial charge in [0, 0.05) is 43.5 Å². The molecular weight excluding hydrogens is 513 g/mol. The first-order chi connectivity index (χ1) is 16.2. The van der Waals surface area contributed by atoms with Crippen molar-refractivity contribution in [1.29, 1.82) is 0 Å². The zero-order valence-corrected chi connectivity index (χ0v) is 21.9. The van der Waals surface area contributed by atoms with Gasteiger partial charge in [-0.1, -0.05) is 29.4 Å². The second-order valence-electron chi connectivity index (χ2n) is 8.76. The van der Waals surface area contributed by atoms with Crippen LogP contribution in [0.25, 0.3) is 0 Å². The van der Waals surface area contributed by atoms with Crippen molar-refractivity contribution in [2.24, 2.45) is 11.1 Å². The minimum absolute atomic E-state index is 0. The number of nitrogens with two attached hydrogens (primary N) is 2. The summed E-state index contributed by atoms with van der Waals surface area (Å²) in [6.45, 7) is 2.97. The van der Waals surface area contributed by atoms with Crippen molar-refractivity contribution in [3.05, 3.63) is 29.4 Å². The molecule has 13 heteroatoms. The maximum Gasteiger partial charge on any atom is 0.313 e. The van der Waals surface area contributed by atoms with Crippen LogP contribution in [0.4, 0.5) is 17.3 Å². The summed E-state index contributed by atoms with van der Waals surface area (Å²) in [6, 6.07) is 5.21. The van der Waals surface area contributed by atoms with Gasteiger partial charge in [-0.05, 0) is 25.0 Å². The lowest BCUT2D eigenvalue weighted by atomic mass is 9.75. The van der Waals surface area contributed by atoms with Crippen LogP contribution < -0.4 is 21.7 Å². The van der Waals surface area contributed by atoms with Crippen LogP contribution in [0.5, 0.6) is 0 Å². The Morgan fingerprint density at radius 1 is 1.31 bits per heavy atom. The number of carbonyl (C=O) groups excluding carboxylic acids is 2. The second-order valence-corrected chi connectivity index (χ2v) is 10.2. The van der Waals surface area contributed by atoms with Crippen LogP contribution in [0.1, 0.15) is 12.8 Å². The monoisotopic (exact) mass is 541 g/mol. The Morgan fingerprint density at radius 3 is 2.63 bits per heavy atom. The molecule has 1 spiro atoms. The van der Waals surface area contributed by atoms with Crippen LogP contribution in [0.3, 0.4) is 0 Å². The topological polar surface area (TPSA) is 140 Å². The van der Waals surface area contributed by atoms with Gasteiger partial charge in [0.2, 0.25) is 0 Å². The molecule has 4 rings (SSSR count). The summed E-state index contributed by atoms with van der Waals surface area (Å²) in [7, 11) is 3.00. The van der Waals surface area contributed by atoms with Crippen molar-refractivity contribution >= 4 is 64.9 Å². The standard InChI is InChI=1S/C22H28ClN7O3S.ClH/c1-29(2)21(32)19(31)27-13-4-3-5-14(17(13)23)34-20-18(25)28-16(10-26-20)30-8-6-22(7-9-30)12-33-11-15(22)24;/h3-5,10,15H,6-9,11-12,24H2,1-2H3,(H2,25,28)(H,27,31);1H. The van der Waals surface area contributed by atoms with E-state index in [1.165, 1.54) is 30.8 Å². The largest absolute Gasteiger partial charge is 0.381 e. The molecule has 0 aliphatic carbocycles. The first kappa shape index (κ1) is 27.3. The van der Waals surface area contributed by atoms with E-state index in [2.05, 4.69) is 20.2 Å².